The molecule has 9 nitrogen and oxygen atoms in total. The topological polar surface area (TPSA) is 123 Å². The summed E-state index contributed by atoms with van der Waals surface area (Å²) in [7, 11) is -1.24. The van der Waals surface area contributed by atoms with Crippen LogP contribution in [0, 0.1) is 12.7 Å². The molecule has 0 fully saturated rings. The SMILES string of the molecule is CNSC(=O)NS(=O)(=O)c1cc2c(cc1C)OCCC2CNC(=O)c1cc(F)ccc1OC. The van der Waals surface area contributed by atoms with Crippen LogP contribution in [0.2, 0.25) is 0 Å². The molecule has 2 aromatic rings. The van der Waals surface area contributed by atoms with Gasteiger partial charge in [-0.25, -0.2) is 17.5 Å². The predicted molar refractivity (Wildman–Crippen MR) is 122 cm³/mol. The number of hydrogen-bond donors (Lipinski definition) is 3. The maximum atomic E-state index is 13.6. The molecule has 3 rings (SSSR count). The van der Waals surface area contributed by atoms with Crippen molar-refractivity contribution in [3.63, 3.8) is 0 Å². The molecule has 1 aliphatic rings. The number of hydrogen-bond acceptors (Lipinski definition) is 8. The number of benzene rings is 2. The summed E-state index contributed by atoms with van der Waals surface area (Å²) in [4.78, 5) is 24.4. The zero-order chi connectivity index (χ0) is 24.2. The lowest BCUT2D eigenvalue weighted by atomic mass is 9.92. The molecule has 1 atom stereocenters. The number of carbonyl (C=O) groups is 2. The lowest BCUT2D eigenvalue weighted by Crippen LogP contribution is -2.32. The summed E-state index contributed by atoms with van der Waals surface area (Å²) in [5.41, 5.74) is 1.06. The summed E-state index contributed by atoms with van der Waals surface area (Å²) in [6.07, 6.45) is 0.526. The van der Waals surface area contributed by atoms with Gasteiger partial charge in [-0.3, -0.25) is 14.3 Å². The number of nitrogens with one attached hydrogen (secondary N) is 3. The summed E-state index contributed by atoms with van der Waals surface area (Å²) in [6, 6.07) is 6.72. The Kier molecular flexibility index (Phi) is 7.82. The first-order valence-electron chi connectivity index (χ1n) is 9.95. The van der Waals surface area contributed by atoms with Gasteiger partial charge in [0.1, 0.15) is 17.3 Å². The van der Waals surface area contributed by atoms with Crippen molar-refractivity contribution in [2.75, 3.05) is 27.3 Å². The fourth-order valence-corrected chi connectivity index (χ4v) is 5.31. The van der Waals surface area contributed by atoms with Crippen LogP contribution in [0.4, 0.5) is 9.18 Å². The zero-order valence-corrected chi connectivity index (χ0v) is 19.9. The molecule has 2 aromatic carbocycles. The number of ether oxygens (including phenoxy) is 2. The molecule has 0 saturated carbocycles. The van der Waals surface area contributed by atoms with Crippen LogP contribution in [0.15, 0.2) is 35.2 Å². The fourth-order valence-electron chi connectivity index (χ4n) is 3.54. The molecule has 33 heavy (non-hydrogen) atoms. The minimum atomic E-state index is -4.12. The van der Waals surface area contributed by atoms with E-state index in [9.17, 15) is 22.4 Å². The predicted octanol–water partition coefficient (Wildman–Crippen LogP) is 2.70. The average molecular weight is 498 g/mol. The average Bonchev–Trinajstić information content (AvgIpc) is 2.76. The van der Waals surface area contributed by atoms with E-state index in [0.717, 1.165) is 6.07 Å². The number of methoxy groups -OCH3 is 1. The van der Waals surface area contributed by atoms with Gasteiger partial charge in [0.25, 0.3) is 15.9 Å². The molecule has 1 unspecified atom stereocenters. The van der Waals surface area contributed by atoms with Crippen molar-refractivity contribution < 1.29 is 31.9 Å². The zero-order valence-electron chi connectivity index (χ0n) is 18.2. The third kappa shape index (κ3) is 5.75. The number of halogens is 1. The Labute approximate surface area is 195 Å². The first-order valence-corrected chi connectivity index (χ1v) is 12.3. The monoisotopic (exact) mass is 497 g/mol. The van der Waals surface area contributed by atoms with Gasteiger partial charge in [0.2, 0.25) is 0 Å². The smallest absolute Gasteiger partial charge is 0.307 e. The lowest BCUT2D eigenvalue weighted by Gasteiger charge is -2.27. The van der Waals surface area contributed by atoms with Crippen molar-refractivity contribution in [3.05, 3.63) is 52.8 Å². The third-order valence-electron chi connectivity index (χ3n) is 5.09. The largest absolute Gasteiger partial charge is 0.496 e. The Balaban J connectivity index is 1.84. The van der Waals surface area contributed by atoms with E-state index in [1.807, 2.05) is 4.72 Å². The highest BCUT2D eigenvalue weighted by molar-refractivity contribution is 8.13. The van der Waals surface area contributed by atoms with Crippen LogP contribution in [0.5, 0.6) is 11.5 Å². The van der Waals surface area contributed by atoms with Crippen molar-refractivity contribution in [1.29, 1.82) is 0 Å². The Bertz CT molecular complexity index is 1170. The van der Waals surface area contributed by atoms with Crippen LogP contribution in [-0.4, -0.2) is 46.9 Å². The maximum absolute atomic E-state index is 13.6. The van der Waals surface area contributed by atoms with Gasteiger partial charge in [0.15, 0.2) is 0 Å². The van der Waals surface area contributed by atoms with E-state index in [4.69, 9.17) is 9.47 Å². The van der Waals surface area contributed by atoms with Gasteiger partial charge >= 0.3 is 5.24 Å². The van der Waals surface area contributed by atoms with Crippen LogP contribution < -0.4 is 24.2 Å². The Hall–Kier alpha value is -2.83. The van der Waals surface area contributed by atoms with Gasteiger partial charge < -0.3 is 14.8 Å². The van der Waals surface area contributed by atoms with Crippen molar-refractivity contribution in [1.82, 2.24) is 14.8 Å². The van der Waals surface area contributed by atoms with Gasteiger partial charge in [-0.15, -0.1) is 0 Å². The normalized spacial score (nSPS) is 15.2. The van der Waals surface area contributed by atoms with Gasteiger partial charge in [0, 0.05) is 30.0 Å². The molecule has 0 aromatic heterocycles. The van der Waals surface area contributed by atoms with E-state index >= 15 is 0 Å². The van der Waals surface area contributed by atoms with E-state index in [-0.39, 0.29) is 28.7 Å². The minimum Gasteiger partial charge on any atom is -0.496 e. The van der Waals surface area contributed by atoms with Crippen molar-refractivity contribution >= 4 is 33.1 Å². The summed E-state index contributed by atoms with van der Waals surface area (Å²) in [5.74, 6) is -0.595. The fraction of sp³-hybridized carbons (Fsp3) is 0.333. The van der Waals surface area contributed by atoms with E-state index in [0.29, 0.717) is 41.9 Å². The molecule has 0 aliphatic carbocycles. The number of aryl methyl sites for hydroxylation is 1. The third-order valence-corrected chi connectivity index (χ3v) is 7.18. The molecule has 3 N–H and O–H groups in total. The number of sulfonamides is 1. The van der Waals surface area contributed by atoms with Gasteiger partial charge in [-0.05, 0) is 56.3 Å². The minimum absolute atomic E-state index is 0.0556. The molecule has 1 aliphatic heterocycles. The summed E-state index contributed by atoms with van der Waals surface area (Å²) >= 11 is 0.613. The number of fused-ring (bicyclic) bond motifs is 1. The number of carbonyl (C=O) groups excluding carboxylic acids is 2. The molecule has 0 radical (unpaired) electrons. The molecule has 0 spiro atoms. The summed E-state index contributed by atoms with van der Waals surface area (Å²) < 4.78 is 54.5. The highest BCUT2D eigenvalue weighted by Gasteiger charge is 2.28. The van der Waals surface area contributed by atoms with Crippen molar-refractivity contribution in [2.45, 2.75) is 24.2 Å². The molecular formula is C21H24FN3O6S2. The van der Waals surface area contributed by atoms with E-state index in [1.54, 1.807) is 13.0 Å². The highest BCUT2D eigenvalue weighted by Crippen LogP contribution is 2.37. The van der Waals surface area contributed by atoms with E-state index in [2.05, 4.69) is 10.0 Å². The number of amides is 2. The molecule has 1 heterocycles. The highest BCUT2D eigenvalue weighted by atomic mass is 32.2. The summed E-state index contributed by atoms with van der Waals surface area (Å²) in [5, 5.41) is 2.00. The van der Waals surface area contributed by atoms with Gasteiger partial charge in [-0.2, -0.15) is 0 Å². The molecule has 0 bridgehead atoms. The molecule has 2 amide bonds. The van der Waals surface area contributed by atoms with Crippen LogP contribution in [-0.2, 0) is 10.0 Å². The van der Waals surface area contributed by atoms with E-state index in [1.165, 1.54) is 32.4 Å². The van der Waals surface area contributed by atoms with Crippen LogP contribution in [0.3, 0.4) is 0 Å². The van der Waals surface area contributed by atoms with Crippen molar-refractivity contribution in [2.24, 2.45) is 0 Å². The molecular weight excluding hydrogens is 473 g/mol. The Morgan fingerprint density at radius 1 is 1.27 bits per heavy atom. The molecule has 178 valence electrons. The first kappa shape index (κ1) is 24.8. The quantitative estimate of drug-likeness (QED) is 0.499. The maximum Gasteiger partial charge on any atom is 0.307 e. The van der Waals surface area contributed by atoms with Gasteiger partial charge in [-0.1, -0.05) is 0 Å². The number of rotatable bonds is 7. The van der Waals surface area contributed by atoms with Gasteiger partial charge in [0.05, 0.1) is 24.2 Å². The Morgan fingerprint density at radius 3 is 2.73 bits per heavy atom. The second-order valence-corrected chi connectivity index (χ2v) is 9.88. The standard InChI is InChI=1S/C21H24FN3O6S2/c1-12-8-18-15(10-19(12)33(28,29)25-21(27)32-23-2)13(6-7-31-18)11-24-20(26)16-9-14(22)4-5-17(16)30-3/h4-5,8-10,13,23H,6-7,11H2,1-3H3,(H,24,26)(H,25,27). The van der Waals surface area contributed by atoms with E-state index < -0.39 is 27.0 Å². The van der Waals surface area contributed by atoms with Crippen LogP contribution in [0.1, 0.15) is 33.8 Å². The van der Waals surface area contributed by atoms with Crippen molar-refractivity contribution in [3.8, 4) is 11.5 Å². The van der Waals surface area contributed by atoms with Crippen LogP contribution >= 0.6 is 11.9 Å². The summed E-state index contributed by atoms with van der Waals surface area (Å²) in [6.45, 7) is 2.16. The second kappa shape index (κ2) is 10.4. The molecule has 0 saturated heterocycles. The Morgan fingerprint density at radius 2 is 2.03 bits per heavy atom. The van der Waals surface area contributed by atoms with Crippen LogP contribution in [0.25, 0.3) is 0 Å². The second-order valence-electron chi connectivity index (χ2n) is 7.24. The first-order chi connectivity index (χ1) is 15.7. The molecule has 12 heteroatoms. The lowest BCUT2D eigenvalue weighted by molar-refractivity contribution is 0.0944.